The summed E-state index contributed by atoms with van der Waals surface area (Å²) in [5.41, 5.74) is 2.81. The topological polar surface area (TPSA) is 3.24 Å². The maximum Gasteiger partial charge on any atom is 0.0380 e. The van der Waals surface area contributed by atoms with Gasteiger partial charge in [0.05, 0.1) is 0 Å². The Balaban J connectivity index is 2.22. The molecule has 0 spiro atoms. The molecule has 0 radical (unpaired) electrons. The Morgan fingerprint density at radius 2 is 1.87 bits per heavy atom. The molecule has 1 fully saturated rings. The molecule has 1 nitrogen and oxygen atoms in total. The summed E-state index contributed by atoms with van der Waals surface area (Å²) >= 11 is 3.59. The second-order valence-electron chi connectivity index (χ2n) is 4.22. The zero-order chi connectivity index (χ0) is 10.7. The normalized spacial score (nSPS) is 16.8. The minimum atomic E-state index is 1.11. The van der Waals surface area contributed by atoms with E-state index in [9.17, 15) is 0 Å². The van der Waals surface area contributed by atoms with Crippen LogP contribution >= 0.6 is 15.9 Å². The van der Waals surface area contributed by atoms with Crippen molar-refractivity contribution in [3.63, 3.8) is 0 Å². The number of hydrogen-bond acceptors (Lipinski definition) is 1. The van der Waals surface area contributed by atoms with Crippen molar-refractivity contribution in [1.29, 1.82) is 0 Å². The van der Waals surface area contributed by atoms with E-state index in [2.05, 4.69) is 46.0 Å². The third kappa shape index (κ3) is 2.75. The van der Waals surface area contributed by atoms with Gasteiger partial charge in [0, 0.05) is 23.2 Å². The average Bonchev–Trinajstić information content (AvgIpc) is 2.29. The van der Waals surface area contributed by atoms with Gasteiger partial charge in [-0.15, -0.1) is 0 Å². The predicted octanol–water partition coefficient (Wildman–Crippen LogP) is 4.00. The van der Waals surface area contributed by atoms with Crippen molar-refractivity contribution >= 4 is 21.6 Å². The van der Waals surface area contributed by atoms with Crippen molar-refractivity contribution in [2.24, 2.45) is 0 Å². The second kappa shape index (κ2) is 5.02. The molecule has 0 saturated carbocycles. The van der Waals surface area contributed by atoms with Crippen molar-refractivity contribution in [1.82, 2.24) is 0 Å². The van der Waals surface area contributed by atoms with E-state index in [1.54, 1.807) is 0 Å². The van der Waals surface area contributed by atoms with Crippen LogP contribution in [-0.2, 0) is 6.42 Å². The van der Waals surface area contributed by atoms with E-state index in [0.29, 0.717) is 0 Å². The molecule has 0 amide bonds. The molecule has 0 aromatic heterocycles. The lowest BCUT2D eigenvalue weighted by atomic mass is 10.1. The van der Waals surface area contributed by atoms with Gasteiger partial charge in [0.25, 0.3) is 0 Å². The first-order chi connectivity index (χ1) is 7.29. The number of piperidine rings is 1. The molecule has 1 saturated heterocycles. The number of halogens is 1. The molecular weight excluding hydrogens is 250 g/mol. The SMILES string of the molecule is CCc1cc(Br)cc(N2CCCCC2)c1. The van der Waals surface area contributed by atoms with Crippen LogP contribution in [0.1, 0.15) is 31.7 Å². The molecule has 82 valence electrons. The van der Waals surface area contributed by atoms with Crippen LogP contribution < -0.4 is 4.90 Å². The fourth-order valence-corrected chi connectivity index (χ4v) is 2.70. The molecule has 0 unspecified atom stereocenters. The summed E-state index contributed by atoms with van der Waals surface area (Å²) in [4.78, 5) is 2.51. The van der Waals surface area contributed by atoms with Crippen LogP contribution in [-0.4, -0.2) is 13.1 Å². The third-order valence-corrected chi connectivity index (χ3v) is 3.53. The van der Waals surface area contributed by atoms with Gasteiger partial charge in [-0.05, 0) is 49.4 Å². The maximum absolute atomic E-state index is 3.59. The first-order valence-corrected chi connectivity index (χ1v) is 6.63. The average molecular weight is 268 g/mol. The van der Waals surface area contributed by atoms with Gasteiger partial charge >= 0.3 is 0 Å². The van der Waals surface area contributed by atoms with Gasteiger partial charge in [0.2, 0.25) is 0 Å². The van der Waals surface area contributed by atoms with Crippen molar-refractivity contribution in [2.45, 2.75) is 32.6 Å². The van der Waals surface area contributed by atoms with E-state index in [4.69, 9.17) is 0 Å². The minimum Gasteiger partial charge on any atom is -0.371 e. The summed E-state index contributed by atoms with van der Waals surface area (Å²) in [7, 11) is 0. The monoisotopic (exact) mass is 267 g/mol. The molecule has 2 heteroatoms. The summed E-state index contributed by atoms with van der Waals surface area (Å²) in [5.74, 6) is 0. The Hall–Kier alpha value is -0.500. The van der Waals surface area contributed by atoms with Crippen molar-refractivity contribution in [3.8, 4) is 0 Å². The highest BCUT2D eigenvalue weighted by Crippen LogP contribution is 2.25. The van der Waals surface area contributed by atoms with Gasteiger partial charge in [0.15, 0.2) is 0 Å². The molecule has 2 rings (SSSR count). The number of hydrogen-bond donors (Lipinski definition) is 0. The zero-order valence-electron chi connectivity index (χ0n) is 9.30. The lowest BCUT2D eigenvalue weighted by molar-refractivity contribution is 0.577. The van der Waals surface area contributed by atoms with Gasteiger partial charge in [-0.1, -0.05) is 22.9 Å². The van der Waals surface area contributed by atoms with Crippen molar-refractivity contribution < 1.29 is 0 Å². The van der Waals surface area contributed by atoms with Crippen LogP contribution in [0.15, 0.2) is 22.7 Å². The molecule has 15 heavy (non-hydrogen) atoms. The van der Waals surface area contributed by atoms with Crippen LogP contribution in [0.2, 0.25) is 0 Å². The van der Waals surface area contributed by atoms with E-state index in [1.165, 1.54) is 48.1 Å². The Morgan fingerprint density at radius 1 is 1.13 bits per heavy atom. The summed E-state index contributed by atoms with van der Waals surface area (Å²) in [6.07, 6.45) is 5.19. The largest absolute Gasteiger partial charge is 0.371 e. The zero-order valence-corrected chi connectivity index (χ0v) is 10.9. The lowest BCUT2D eigenvalue weighted by Crippen LogP contribution is -2.29. The van der Waals surface area contributed by atoms with Gasteiger partial charge in [-0.2, -0.15) is 0 Å². The minimum absolute atomic E-state index is 1.11. The quantitative estimate of drug-likeness (QED) is 0.783. The number of aryl methyl sites for hydroxylation is 1. The maximum atomic E-state index is 3.59. The molecule has 0 atom stereocenters. The Morgan fingerprint density at radius 3 is 2.53 bits per heavy atom. The molecule has 1 aliphatic rings. The van der Waals surface area contributed by atoms with Crippen LogP contribution in [0.3, 0.4) is 0 Å². The standard InChI is InChI=1S/C13H18BrN/c1-2-11-8-12(14)10-13(9-11)15-6-4-3-5-7-15/h8-10H,2-7H2,1H3. The number of anilines is 1. The summed E-state index contributed by atoms with van der Waals surface area (Å²) in [5, 5.41) is 0. The van der Waals surface area contributed by atoms with Gasteiger partial charge in [-0.3, -0.25) is 0 Å². The first-order valence-electron chi connectivity index (χ1n) is 5.84. The van der Waals surface area contributed by atoms with Gasteiger partial charge in [0.1, 0.15) is 0 Å². The second-order valence-corrected chi connectivity index (χ2v) is 5.13. The Bertz CT molecular complexity index is 329. The third-order valence-electron chi connectivity index (χ3n) is 3.07. The molecule has 0 bridgehead atoms. The fourth-order valence-electron chi connectivity index (χ4n) is 2.17. The predicted molar refractivity (Wildman–Crippen MR) is 69.6 cm³/mol. The van der Waals surface area contributed by atoms with Crippen LogP contribution in [0.4, 0.5) is 5.69 Å². The Kier molecular flexibility index (Phi) is 3.68. The molecule has 1 aromatic carbocycles. The highest BCUT2D eigenvalue weighted by molar-refractivity contribution is 9.10. The molecule has 0 N–H and O–H groups in total. The van der Waals surface area contributed by atoms with Crippen molar-refractivity contribution in [2.75, 3.05) is 18.0 Å². The highest BCUT2D eigenvalue weighted by Gasteiger charge is 2.11. The number of rotatable bonds is 2. The molecule has 0 aliphatic carbocycles. The summed E-state index contributed by atoms with van der Waals surface area (Å²) < 4.78 is 1.21. The van der Waals surface area contributed by atoms with Crippen LogP contribution in [0, 0.1) is 0 Å². The summed E-state index contributed by atoms with van der Waals surface area (Å²) in [6, 6.07) is 6.79. The first kappa shape index (κ1) is 11.0. The highest BCUT2D eigenvalue weighted by atomic mass is 79.9. The van der Waals surface area contributed by atoms with E-state index >= 15 is 0 Å². The van der Waals surface area contributed by atoms with E-state index < -0.39 is 0 Å². The van der Waals surface area contributed by atoms with Crippen molar-refractivity contribution in [3.05, 3.63) is 28.2 Å². The number of benzene rings is 1. The lowest BCUT2D eigenvalue weighted by Gasteiger charge is -2.29. The molecular formula is C13H18BrN. The fraction of sp³-hybridized carbons (Fsp3) is 0.538. The summed E-state index contributed by atoms with van der Waals surface area (Å²) in [6.45, 7) is 4.65. The van der Waals surface area contributed by atoms with Gasteiger partial charge in [-0.25, -0.2) is 0 Å². The van der Waals surface area contributed by atoms with E-state index in [1.807, 2.05) is 0 Å². The smallest absolute Gasteiger partial charge is 0.0380 e. The molecule has 1 heterocycles. The number of nitrogens with zero attached hydrogens (tertiary/aromatic N) is 1. The Labute approximate surface area is 101 Å². The van der Waals surface area contributed by atoms with Crippen LogP contribution in [0.25, 0.3) is 0 Å². The molecule has 1 aromatic rings. The molecule has 1 aliphatic heterocycles. The van der Waals surface area contributed by atoms with Crippen LogP contribution in [0.5, 0.6) is 0 Å². The van der Waals surface area contributed by atoms with E-state index in [0.717, 1.165) is 6.42 Å². The van der Waals surface area contributed by atoms with E-state index in [-0.39, 0.29) is 0 Å². The van der Waals surface area contributed by atoms with Gasteiger partial charge < -0.3 is 4.90 Å².